The Morgan fingerprint density at radius 2 is 2.12 bits per heavy atom. The minimum Gasteiger partial charge on any atom is -0.306 e. The number of thioether (sulfide) groups is 1. The molecular formula is C14H13NOS. The third kappa shape index (κ3) is 2.15. The van der Waals surface area contributed by atoms with Crippen LogP contribution in [0.15, 0.2) is 48.7 Å². The first-order chi connectivity index (χ1) is 8.33. The van der Waals surface area contributed by atoms with E-state index in [2.05, 4.69) is 30.4 Å². The molecule has 0 bridgehead atoms. The number of fused-ring (bicyclic) bond motifs is 1. The van der Waals surface area contributed by atoms with Crippen LogP contribution in [0.4, 0.5) is 0 Å². The topological polar surface area (TPSA) is 20.3 Å². The molecule has 2 heterocycles. The van der Waals surface area contributed by atoms with Crippen LogP contribution in [0, 0.1) is 0 Å². The van der Waals surface area contributed by atoms with Crippen LogP contribution in [0.2, 0.25) is 0 Å². The summed E-state index contributed by atoms with van der Waals surface area (Å²) in [4.78, 5) is 13.0. The van der Waals surface area contributed by atoms with Crippen molar-refractivity contribution >= 4 is 23.7 Å². The van der Waals surface area contributed by atoms with E-state index < -0.39 is 0 Å². The van der Waals surface area contributed by atoms with E-state index in [4.69, 9.17) is 0 Å². The summed E-state index contributed by atoms with van der Waals surface area (Å²) in [6.07, 6.45) is 9.02. The fraction of sp³-hybridized carbons (Fsp3) is 0.214. The molecule has 3 heteroatoms. The van der Waals surface area contributed by atoms with Gasteiger partial charge in [0, 0.05) is 11.4 Å². The van der Waals surface area contributed by atoms with Crippen LogP contribution in [0.1, 0.15) is 12.0 Å². The van der Waals surface area contributed by atoms with Crippen LogP contribution in [-0.4, -0.2) is 21.4 Å². The molecule has 0 spiro atoms. The second kappa shape index (κ2) is 4.41. The molecule has 0 radical (unpaired) electrons. The fourth-order valence-corrected chi connectivity index (χ4v) is 3.23. The van der Waals surface area contributed by atoms with Crippen LogP contribution in [0.3, 0.4) is 0 Å². The van der Waals surface area contributed by atoms with E-state index in [1.807, 2.05) is 41.1 Å². The molecule has 17 heavy (non-hydrogen) atoms. The Labute approximate surface area is 105 Å². The van der Waals surface area contributed by atoms with Gasteiger partial charge in [0.1, 0.15) is 0 Å². The molecule has 1 aromatic rings. The lowest BCUT2D eigenvalue weighted by Gasteiger charge is -2.41. The Bertz CT molecular complexity index is 480. The fourth-order valence-electron chi connectivity index (χ4n) is 1.98. The molecule has 3 rings (SSSR count). The standard InChI is InChI=1S/C14H13NOS/c16-13-10-14-15(13)9-8-12(17-14)7-6-11-4-2-1-3-5-11/h1-9,12,14H,10H2/t12?,14-/m1/s1. The molecule has 2 aliphatic rings. The van der Waals surface area contributed by atoms with Gasteiger partial charge in [0.25, 0.3) is 0 Å². The van der Waals surface area contributed by atoms with Gasteiger partial charge in [-0.2, -0.15) is 0 Å². The smallest absolute Gasteiger partial charge is 0.230 e. The lowest BCUT2D eigenvalue weighted by molar-refractivity contribution is -0.137. The van der Waals surface area contributed by atoms with Crippen molar-refractivity contribution in [3.63, 3.8) is 0 Å². The first-order valence-electron chi connectivity index (χ1n) is 5.71. The van der Waals surface area contributed by atoms with Gasteiger partial charge in [-0.15, -0.1) is 11.8 Å². The zero-order valence-corrected chi connectivity index (χ0v) is 10.1. The molecule has 86 valence electrons. The number of hydrogen-bond donors (Lipinski definition) is 0. The van der Waals surface area contributed by atoms with Gasteiger partial charge in [0.2, 0.25) is 5.91 Å². The third-order valence-corrected chi connectivity index (χ3v) is 4.31. The second-order valence-corrected chi connectivity index (χ2v) is 5.53. The largest absolute Gasteiger partial charge is 0.306 e. The van der Waals surface area contributed by atoms with Gasteiger partial charge >= 0.3 is 0 Å². The average Bonchev–Trinajstić information content (AvgIpc) is 2.36. The zero-order chi connectivity index (χ0) is 11.7. The lowest BCUT2D eigenvalue weighted by Crippen LogP contribution is -2.49. The lowest BCUT2D eigenvalue weighted by atomic mass is 10.2. The summed E-state index contributed by atoms with van der Waals surface area (Å²) >= 11 is 1.84. The van der Waals surface area contributed by atoms with Crippen molar-refractivity contribution < 1.29 is 4.79 Å². The van der Waals surface area contributed by atoms with Crippen molar-refractivity contribution in [2.75, 3.05) is 0 Å². The SMILES string of the molecule is O=C1C[C@H]2SC(C=Cc3ccccc3)C=CN12. The summed E-state index contributed by atoms with van der Waals surface area (Å²) in [6, 6.07) is 10.3. The molecule has 1 saturated heterocycles. The molecule has 1 fully saturated rings. The molecule has 1 aromatic carbocycles. The van der Waals surface area contributed by atoms with Crippen molar-refractivity contribution in [1.29, 1.82) is 0 Å². The number of benzene rings is 1. The van der Waals surface area contributed by atoms with Crippen LogP contribution < -0.4 is 0 Å². The van der Waals surface area contributed by atoms with Crippen LogP contribution >= 0.6 is 11.8 Å². The van der Waals surface area contributed by atoms with Gasteiger partial charge in [0.15, 0.2) is 0 Å². The molecule has 0 saturated carbocycles. The van der Waals surface area contributed by atoms with Crippen molar-refractivity contribution in [3.05, 3.63) is 54.2 Å². The Hall–Kier alpha value is -1.48. The maximum Gasteiger partial charge on any atom is 0.230 e. The highest BCUT2D eigenvalue weighted by Gasteiger charge is 2.38. The van der Waals surface area contributed by atoms with Gasteiger partial charge < -0.3 is 4.90 Å². The molecule has 0 N–H and O–H groups in total. The maximum absolute atomic E-state index is 11.2. The molecule has 2 aliphatic heterocycles. The number of carbonyl (C=O) groups excluding carboxylic acids is 1. The highest BCUT2D eigenvalue weighted by Crippen LogP contribution is 2.37. The number of amides is 1. The van der Waals surface area contributed by atoms with Crippen LogP contribution in [0.25, 0.3) is 6.08 Å². The van der Waals surface area contributed by atoms with Crippen LogP contribution in [-0.2, 0) is 4.79 Å². The van der Waals surface area contributed by atoms with Gasteiger partial charge in [-0.3, -0.25) is 4.79 Å². The Kier molecular flexibility index (Phi) is 2.77. The van der Waals surface area contributed by atoms with Gasteiger partial charge in [-0.1, -0.05) is 48.6 Å². The van der Waals surface area contributed by atoms with Crippen LogP contribution in [0.5, 0.6) is 0 Å². The zero-order valence-electron chi connectivity index (χ0n) is 9.32. The summed E-state index contributed by atoms with van der Waals surface area (Å²) < 4.78 is 0. The molecular weight excluding hydrogens is 230 g/mol. The van der Waals surface area contributed by atoms with E-state index in [9.17, 15) is 4.79 Å². The number of β-lactam (4-membered cyclic amide) rings is 1. The number of nitrogens with zero attached hydrogens (tertiary/aromatic N) is 1. The Morgan fingerprint density at radius 1 is 1.29 bits per heavy atom. The van der Waals surface area contributed by atoms with Gasteiger partial charge in [0.05, 0.1) is 11.8 Å². The summed E-state index contributed by atoms with van der Waals surface area (Å²) in [7, 11) is 0. The van der Waals surface area contributed by atoms with Crippen molar-refractivity contribution in [2.45, 2.75) is 17.0 Å². The first kappa shape index (κ1) is 10.7. The van der Waals surface area contributed by atoms with Gasteiger partial charge in [-0.05, 0) is 5.56 Å². The maximum atomic E-state index is 11.2. The van der Waals surface area contributed by atoms with Gasteiger partial charge in [-0.25, -0.2) is 0 Å². The molecule has 2 nitrogen and oxygen atoms in total. The normalized spacial score (nSPS) is 27.1. The number of carbonyl (C=O) groups is 1. The summed E-state index contributed by atoms with van der Waals surface area (Å²) in [5.74, 6) is 0.240. The van der Waals surface area contributed by atoms with E-state index in [1.54, 1.807) is 0 Å². The summed E-state index contributed by atoms with van der Waals surface area (Å²) in [5, 5.41) is 0.738. The predicted octanol–water partition coefficient (Wildman–Crippen LogP) is 2.89. The highest BCUT2D eigenvalue weighted by molar-refractivity contribution is 8.01. The minimum absolute atomic E-state index is 0.240. The molecule has 1 unspecified atom stereocenters. The third-order valence-electron chi connectivity index (χ3n) is 2.98. The number of rotatable bonds is 2. The van der Waals surface area contributed by atoms with Crippen molar-refractivity contribution in [2.24, 2.45) is 0 Å². The minimum atomic E-state index is 0.240. The highest BCUT2D eigenvalue weighted by atomic mass is 32.2. The van der Waals surface area contributed by atoms with Crippen molar-refractivity contribution in [3.8, 4) is 0 Å². The molecule has 0 aliphatic carbocycles. The van der Waals surface area contributed by atoms with E-state index in [0.717, 1.165) is 0 Å². The quantitative estimate of drug-likeness (QED) is 0.744. The molecule has 0 aromatic heterocycles. The average molecular weight is 243 g/mol. The van der Waals surface area contributed by atoms with E-state index in [1.165, 1.54) is 5.56 Å². The molecule has 1 amide bonds. The van der Waals surface area contributed by atoms with E-state index >= 15 is 0 Å². The van der Waals surface area contributed by atoms with Crippen molar-refractivity contribution in [1.82, 2.24) is 4.90 Å². The Balaban J connectivity index is 1.67. The monoisotopic (exact) mass is 243 g/mol. The second-order valence-electron chi connectivity index (χ2n) is 4.17. The Morgan fingerprint density at radius 3 is 2.82 bits per heavy atom. The van der Waals surface area contributed by atoms with E-state index in [-0.39, 0.29) is 5.91 Å². The summed E-state index contributed by atoms with van der Waals surface area (Å²) in [6.45, 7) is 0. The first-order valence-corrected chi connectivity index (χ1v) is 6.65. The predicted molar refractivity (Wildman–Crippen MR) is 71.2 cm³/mol. The molecule has 2 atom stereocenters. The number of hydrogen-bond acceptors (Lipinski definition) is 2. The summed E-state index contributed by atoms with van der Waals surface area (Å²) in [5.41, 5.74) is 1.22. The van der Waals surface area contributed by atoms with E-state index in [0.29, 0.717) is 17.0 Å².